The number of halogens is 1. The molecule has 0 bridgehead atoms. The van der Waals surface area contributed by atoms with E-state index >= 15 is 0 Å². The van der Waals surface area contributed by atoms with E-state index in [1.807, 2.05) is 37.1 Å². The lowest BCUT2D eigenvalue weighted by Crippen LogP contribution is -2.49. The number of fused-ring (bicyclic) bond motifs is 1. The first-order valence-electron chi connectivity index (χ1n) is 12.5. The van der Waals surface area contributed by atoms with Gasteiger partial charge in [0.25, 0.3) is 0 Å². The van der Waals surface area contributed by atoms with Gasteiger partial charge in [-0.2, -0.15) is 5.26 Å². The summed E-state index contributed by atoms with van der Waals surface area (Å²) < 4.78 is 8.03. The van der Waals surface area contributed by atoms with E-state index < -0.39 is 0 Å². The van der Waals surface area contributed by atoms with Crippen LogP contribution in [-0.4, -0.2) is 51.3 Å². The van der Waals surface area contributed by atoms with E-state index in [4.69, 9.17) is 9.72 Å². The van der Waals surface area contributed by atoms with Crippen LogP contribution < -0.4 is 5.32 Å². The second-order valence-electron chi connectivity index (χ2n) is 9.64. The largest absolute Gasteiger partial charge is 0.490 e. The van der Waals surface area contributed by atoms with E-state index in [0.29, 0.717) is 11.3 Å². The molecule has 2 heterocycles. The van der Waals surface area contributed by atoms with Crippen LogP contribution in [0.25, 0.3) is 10.4 Å². The molecule has 2 amide bonds. The monoisotopic (exact) mass is 615 g/mol. The van der Waals surface area contributed by atoms with Crippen molar-refractivity contribution in [2.24, 2.45) is 0 Å². The van der Waals surface area contributed by atoms with Crippen LogP contribution >= 0.6 is 34.2 Å². The third-order valence-electron chi connectivity index (χ3n) is 6.86. The molecule has 2 unspecified atom stereocenters. The number of hydrogen-bond donors (Lipinski definition) is 1. The summed E-state index contributed by atoms with van der Waals surface area (Å²) in [7, 11) is 0. The Morgan fingerprint density at radius 2 is 2.11 bits per heavy atom. The zero-order chi connectivity index (χ0) is 25.2. The van der Waals surface area contributed by atoms with E-state index in [0.717, 1.165) is 55.3 Å². The highest BCUT2D eigenvalue weighted by molar-refractivity contribution is 14.1. The standard InChI is InChI=1S/C27H30IN5O2S/c1-17(2)35-24-9-6-18(14-19(24)15-29)26-30-16-25(36-26)22-5-3-4-21-20(22)7-8-23(21)31-27(34)32-10-12-33(28)13-11-32/h3-5,9,14,16-18,23H,6-8,10-13H2,1-2H3,(H,31,34). The number of carbonyl (C=O) groups excluding carboxylic acids is 1. The Labute approximate surface area is 230 Å². The second kappa shape index (κ2) is 10.9. The lowest BCUT2D eigenvalue weighted by Gasteiger charge is -2.32. The number of nitrogens with one attached hydrogen (secondary N) is 1. The average molecular weight is 616 g/mol. The van der Waals surface area contributed by atoms with Crippen LogP contribution in [0.15, 0.2) is 47.9 Å². The maximum atomic E-state index is 12.9. The molecule has 0 radical (unpaired) electrons. The number of piperazine rings is 1. The summed E-state index contributed by atoms with van der Waals surface area (Å²) in [6, 6.07) is 8.75. The predicted molar refractivity (Wildman–Crippen MR) is 150 cm³/mol. The number of ether oxygens (including phenoxy) is 1. The third kappa shape index (κ3) is 5.31. The fourth-order valence-electron chi connectivity index (χ4n) is 5.07. The molecule has 188 valence electrons. The molecule has 1 aromatic heterocycles. The first kappa shape index (κ1) is 25.2. The fourth-order valence-corrected chi connectivity index (χ4v) is 6.55. The molecule has 2 aliphatic carbocycles. The van der Waals surface area contributed by atoms with Crippen molar-refractivity contribution in [3.05, 3.63) is 64.0 Å². The van der Waals surface area contributed by atoms with E-state index in [-0.39, 0.29) is 24.1 Å². The molecule has 0 saturated carbocycles. The highest BCUT2D eigenvalue weighted by atomic mass is 127. The lowest BCUT2D eigenvalue weighted by atomic mass is 9.96. The van der Waals surface area contributed by atoms with Crippen molar-refractivity contribution in [3.63, 3.8) is 0 Å². The maximum Gasteiger partial charge on any atom is 0.317 e. The molecule has 5 rings (SSSR count). The summed E-state index contributed by atoms with van der Waals surface area (Å²) in [5.41, 5.74) is 4.30. The van der Waals surface area contributed by atoms with Crippen LogP contribution in [0, 0.1) is 11.3 Å². The lowest BCUT2D eigenvalue weighted by molar-refractivity contribution is 0.153. The topological polar surface area (TPSA) is 81.5 Å². The molecule has 1 aromatic carbocycles. The van der Waals surface area contributed by atoms with E-state index in [1.54, 1.807) is 11.3 Å². The van der Waals surface area contributed by atoms with E-state index in [2.05, 4.69) is 55.6 Å². The van der Waals surface area contributed by atoms with Crippen molar-refractivity contribution in [1.29, 1.82) is 5.26 Å². The number of thiazole rings is 1. The number of nitriles is 1. The first-order valence-corrected chi connectivity index (χ1v) is 14.2. The van der Waals surface area contributed by atoms with Gasteiger partial charge in [0.2, 0.25) is 0 Å². The van der Waals surface area contributed by atoms with Crippen LogP contribution in [-0.2, 0) is 11.2 Å². The van der Waals surface area contributed by atoms with Crippen LogP contribution in [0.1, 0.15) is 54.8 Å². The van der Waals surface area contributed by atoms with Crippen molar-refractivity contribution < 1.29 is 9.53 Å². The van der Waals surface area contributed by atoms with E-state index in [1.165, 1.54) is 16.7 Å². The number of hydrogen-bond acceptors (Lipinski definition) is 6. The van der Waals surface area contributed by atoms with Gasteiger partial charge in [0.15, 0.2) is 0 Å². The van der Waals surface area contributed by atoms with Crippen molar-refractivity contribution in [2.75, 3.05) is 26.2 Å². The summed E-state index contributed by atoms with van der Waals surface area (Å²) in [6.45, 7) is 7.27. The molecule has 1 N–H and O–H groups in total. The molecule has 1 aliphatic heterocycles. The number of aromatic nitrogens is 1. The Kier molecular flexibility index (Phi) is 7.65. The number of amides is 2. The molecule has 3 aliphatic rings. The van der Waals surface area contributed by atoms with Crippen molar-refractivity contribution in [3.8, 4) is 16.5 Å². The SMILES string of the molecule is CC(C)OC1=CCC(c2ncc(-c3cccc4c3CCC4NC(=O)N3CCN(I)CC3)s2)C=C1C#N. The molecule has 1 fully saturated rings. The number of allylic oxidation sites excluding steroid dienone is 3. The van der Waals surface area contributed by atoms with Gasteiger partial charge < -0.3 is 15.0 Å². The van der Waals surface area contributed by atoms with Gasteiger partial charge in [-0.3, -0.25) is 0 Å². The zero-order valence-corrected chi connectivity index (χ0v) is 23.5. The normalized spacial score (nSPS) is 22.0. The van der Waals surface area contributed by atoms with Crippen molar-refractivity contribution >= 4 is 40.2 Å². The van der Waals surface area contributed by atoms with Crippen LogP contribution in [0.5, 0.6) is 0 Å². The predicted octanol–water partition coefficient (Wildman–Crippen LogP) is 5.72. The molecule has 1 saturated heterocycles. The van der Waals surface area contributed by atoms with Gasteiger partial charge in [0.1, 0.15) is 16.8 Å². The van der Waals surface area contributed by atoms with Crippen molar-refractivity contribution in [1.82, 2.24) is 18.3 Å². The molecule has 9 heteroatoms. The molecule has 36 heavy (non-hydrogen) atoms. The molecular weight excluding hydrogens is 585 g/mol. The molecule has 2 atom stereocenters. The molecule has 0 spiro atoms. The minimum Gasteiger partial charge on any atom is -0.490 e. The Morgan fingerprint density at radius 3 is 2.86 bits per heavy atom. The number of nitrogens with zero attached hydrogens (tertiary/aromatic N) is 4. The highest BCUT2D eigenvalue weighted by Gasteiger charge is 2.29. The average Bonchev–Trinajstić information content (AvgIpc) is 3.52. The number of benzene rings is 1. The van der Waals surface area contributed by atoms with Gasteiger partial charge in [-0.1, -0.05) is 24.3 Å². The Bertz CT molecular complexity index is 1240. The molecular formula is C27H30IN5O2S. The zero-order valence-electron chi connectivity index (χ0n) is 20.5. The Balaban J connectivity index is 1.31. The summed E-state index contributed by atoms with van der Waals surface area (Å²) >= 11 is 4.01. The number of rotatable bonds is 5. The summed E-state index contributed by atoms with van der Waals surface area (Å²) in [5, 5.41) is 13.9. The van der Waals surface area contributed by atoms with Gasteiger partial charge in [0.05, 0.1) is 22.6 Å². The van der Waals surface area contributed by atoms with Gasteiger partial charge in [-0.25, -0.2) is 12.9 Å². The van der Waals surface area contributed by atoms with Gasteiger partial charge in [-0.15, -0.1) is 11.3 Å². The summed E-state index contributed by atoms with van der Waals surface area (Å²) in [5.74, 6) is 0.746. The van der Waals surface area contributed by atoms with Gasteiger partial charge in [-0.05, 0) is 55.9 Å². The van der Waals surface area contributed by atoms with Crippen LogP contribution in [0.3, 0.4) is 0 Å². The van der Waals surface area contributed by atoms with Crippen LogP contribution in [0.4, 0.5) is 4.79 Å². The minimum atomic E-state index is 0.0334. The van der Waals surface area contributed by atoms with Crippen molar-refractivity contribution in [2.45, 2.75) is 51.2 Å². The third-order valence-corrected chi connectivity index (χ3v) is 8.99. The highest BCUT2D eigenvalue weighted by Crippen LogP contribution is 2.41. The Morgan fingerprint density at radius 1 is 1.31 bits per heavy atom. The summed E-state index contributed by atoms with van der Waals surface area (Å²) in [4.78, 5) is 20.7. The van der Waals surface area contributed by atoms with E-state index in [9.17, 15) is 10.1 Å². The Hall–Kier alpha value is -2.42. The van der Waals surface area contributed by atoms with Gasteiger partial charge >= 0.3 is 6.03 Å². The number of carbonyl (C=O) groups is 1. The summed E-state index contributed by atoms with van der Waals surface area (Å²) in [6.07, 6.45) is 8.60. The quantitative estimate of drug-likeness (QED) is 0.344. The van der Waals surface area contributed by atoms with Gasteiger partial charge in [0, 0.05) is 61.2 Å². The minimum absolute atomic E-state index is 0.0334. The first-order chi connectivity index (χ1) is 17.4. The molecule has 2 aromatic rings. The number of urea groups is 1. The smallest absolute Gasteiger partial charge is 0.317 e. The molecule has 7 nitrogen and oxygen atoms in total. The maximum absolute atomic E-state index is 12.9. The fraction of sp³-hybridized carbons (Fsp3) is 0.444. The second-order valence-corrected chi connectivity index (χ2v) is 12.1. The van der Waals surface area contributed by atoms with Crippen LogP contribution in [0.2, 0.25) is 0 Å².